The molecular weight excluding hydrogens is 274 g/mol. The number of alkyl halides is 3. The number of aromatic nitrogens is 1. The van der Waals surface area contributed by atoms with Gasteiger partial charge < -0.3 is 0 Å². The van der Waals surface area contributed by atoms with Gasteiger partial charge in [-0.05, 0) is 29.8 Å². The first-order chi connectivity index (χ1) is 9.45. The van der Waals surface area contributed by atoms with Crippen LogP contribution in [0.1, 0.15) is 11.1 Å². The molecular formula is C13H9F4N3. The molecule has 0 unspecified atom stereocenters. The minimum Gasteiger partial charge on any atom is -0.261 e. The monoisotopic (exact) mass is 283 g/mol. The highest BCUT2D eigenvalue weighted by atomic mass is 19.4. The van der Waals surface area contributed by atoms with Crippen LogP contribution in [0.2, 0.25) is 0 Å². The van der Waals surface area contributed by atoms with Crippen molar-refractivity contribution in [2.24, 2.45) is 5.10 Å². The third-order valence-electron chi connectivity index (χ3n) is 2.33. The number of benzene rings is 1. The van der Waals surface area contributed by atoms with Crippen LogP contribution in [0.25, 0.3) is 0 Å². The molecule has 20 heavy (non-hydrogen) atoms. The maximum absolute atomic E-state index is 12.9. The van der Waals surface area contributed by atoms with E-state index in [4.69, 9.17) is 0 Å². The van der Waals surface area contributed by atoms with Crippen molar-refractivity contribution >= 4 is 12.0 Å². The van der Waals surface area contributed by atoms with E-state index in [-0.39, 0.29) is 5.82 Å². The largest absolute Gasteiger partial charge is 0.417 e. The lowest BCUT2D eigenvalue weighted by atomic mass is 10.2. The van der Waals surface area contributed by atoms with Crippen LogP contribution in [0.3, 0.4) is 0 Å². The molecule has 1 N–H and O–H groups in total. The molecule has 0 saturated heterocycles. The van der Waals surface area contributed by atoms with Crippen LogP contribution in [0, 0.1) is 5.82 Å². The fourth-order valence-corrected chi connectivity index (χ4v) is 1.39. The molecule has 7 heteroatoms. The van der Waals surface area contributed by atoms with Crippen LogP contribution < -0.4 is 5.43 Å². The summed E-state index contributed by atoms with van der Waals surface area (Å²) in [5.74, 6) is -0.243. The third-order valence-corrected chi connectivity index (χ3v) is 2.33. The number of hydrogen-bond donors (Lipinski definition) is 1. The van der Waals surface area contributed by atoms with Crippen molar-refractivity contribution in [2.75, 3.05) is 5.43 Å². The van der Waals surface area contributed by atoms with Gasteiger partial charge in [0.15, 0.2) is 0 Å². The Morgan fingerprint density at radius 2 is 1.95 bits per heavy atom. The Balaban J connectivity index is 2.01. The minimum atomic E-state index is -4.42. The molecule has 2 aromatic rings. The molecule has 3 nitrogen and oxygen atoms in total. The SMILES string of the molecule is Fc1cccc(C=NNc2ccc(C(F)(F)F)cn2)c1. The van der Waals surface area contributed by atoms with Crippen LogP contribution in [-0.4, -0.2) is 11.2 Å². The number of halogens is 4. The van der Waals surface area contributed by atoms with E-state index in [0.29, 0.717) is 11.8 Å². The number of rotatable bonds is 3. The van der Waals surface area contributed by atoms with Crippen molar-refractivity contribution in [3.8, 4) is 0 Å². The van der Waals surface area contributed by atoms with E-state index < -0.39 is 17.6 Å². The van der Waals surface area contributed by atoms with Gasteiger partial charge in [0.2, 0.25) is 0 Å². The topological polar surface area (TPSA) is 37.3 Å². The number of hydrogen-bond acceptors (Lipinski definition) is 3. The maximum Gasteiger partial charge on any atom is 0.417 e. The average molecular weight is 283 g/mol. The number of nitrogens with zero attached hydrogens (tertiary/aromatic N) is 2. The highest BCUT2D eigenvalue weighted by Crippen LogP contribution is 2.28. The molecule has 104 valence electrons. The molecule has 0 saturated carbocycles. The number of nitrogens with one attached hydrogen (secondary N) is 1. The summed E-state index contributed by atoms with van der Waals surface area (Å²) in [6, 6.07) is 7.77. The minimum absolute atomic E-state index is 0.158. The second-order valence-corrected chi connectivity index (χ2v) is 3.85. The lowest BCUT2D eigenvalue weighted by Crippen LogP contribution is -2.05. The Labute approximate surface area is 112 Å². The second-order valence-electron chi connectivity index (χ2n) is 3.85. The summed E-state index contributed by atoms with van der Waals surface area (Å²) in [6.07, 6.45) is -2.38. The van der Waals surface area contributed by atoms with Gasteiger partial charge in [0.25, 0.3) is 0 Å². The molecule has 0 amide bonds. The van der Waals surface area contributed by atoms with Crippen LogP contribution in [-0.2, 0) is 6.18 Å². The molecule has 1 aromatic carbocycles. The van der Waals surface area contributed by atoms with Gasteiger partial charge in [-0.2, -0.15) is 18.3 Å². The molecule has 0 aliphatic heterocycles. The molecule has 0 fully saturated rings. The highest BCUT2D eigenvalue weighted by Gasteiger charge is 2.30. The van der Waals surface area contributed by atoms with Gasteiger partial charge in [-0.25, -0.2) is 9.37 Å². The van der Waals surface area contributed by atoms with Gasteiger partial charge in [0, 0.05) is 6.20 Å². The van der Waals surface area contributed by atoms with Crippen molar-refractivity contribution in [1.29, 1.82) is 0 Å². The van der Waals surface area contributed by atoms with Crippen LogP contribution in [0.5, 0.6) is 0 Å². The second kappa shape index (κ2) is 5.68. The first-order valence-electron chi connectivity index (χ1n) is 5.53. The Hall–Kier alpha value is -2.44. The summed E-state index contributed by atoms with van der Waals surface area (Å²) in [5, 5.41) is 3.76. The van der Waals surface area contributed by atoms with Crippen molar-refractivity contribution in [2.45, 2.75) is 6.18 Å². The van der Waals surface area contributed by atoms with Crippen molar-refractivity contribution in [1.82, 2.24) is 4.98 Å². The molecule has 2 rings (SSSR count). The summed E-state index contributed by atoms with van der Waals surface area (Å²) < 4.78 is 49.8. The number of anilines is 1. The van der Waals surface area contributed by atoms with Crippen LogP contribution >= 0.6 is 0 Å². The van der Waals surface area contributed by atoms with Gasteiger partial charge in [0.05, 0.1) is 11.8 Å². The Kier molecular flexibility index (Phi) is 3.97. The van der Waals surface area contributed by atoms with E-state index in [9.17, 15) is 17.6 Å². The van der Waals surface area contributed by atoms with Crippen LogP contribution in [0.4, 0.5) is 23.4 Å². The summed E-state index contributed by atoms with van der Waals surface area (Å²) in [4.78, 5) is 3.57. The van der Waals surface area contributed by atoms with Crippen molar-refractivity contribution in [3.63, 3.8) is 0 Å². The fourth-order valence-electron chi connectivity index (χ4n) is 1.39. The molecule has 1 heterocycles. The zero-order chi connectivity index (χ0) is 14.6. The fraction of sp³-hybridized carbons (Fsp3) is 0.0769. The van der Waals surface area contributed by atoms with Crippen molar-refractivity contribution < 1.29 is 17.6 Å². The van der Waals surface area contributed by atoms with Gasteiger partial charge in [0.1, 0.15) is 11.6 Å². The first kappa shape index (κ1) is 14.0. The van der Waals surface area contributed by atoms with E-state index in [0.717, 1.165) is 12.1 Å². The zero-order valence-electron chi connectivity index (χ0n) is 10.0. The standard InChI is InChI=1S/C13H9F4N3/c14-11-3-1-2-9(6-11)7-19-20-12-5-4-10(8-18-12)13(15,16)17/h1-8H,(H,18,20). The maximum atomic E-state index is 12.9. The van der Waals surface area contributed by atoms with E-state index in [1.165, 1.54) is 24.4 Å². The molecule has 0 bridgehead atoms. The lowest BCUT2D eigenvalue weighted by Gasteiger charge is -2.06. The smallest absolute Gasteiger partial charge is 0.261 e. The molecule has 0 atom stereocenters. The predicted octanol–water partition coefficient (Wildman–Crippen LogP) is 3.69. The number of pyridine rings is 1. The Morgan fingerprint density at radius 1 is 1.15 bits per heavy atom. The number of hydrazone groups is 1. The van der Waals surface area contributed by atoms with E-state index >= 15 is 0 Å². The molecule has 0 spiro atoms. The summed E-state index contributed by atoms with van der Waals surface area (Å²) >= 11 is 0. The predicted molar refractivity (Wildman–Crippen MR) is 66.9 cm³/mol. The van der Waals surface area contributed by atoms with E-state index in [1.807, 2.05) is 0 Å². The summed E-state index contributed by atoms with van der Waals surface area (Å²) in [6.45, 7) is 0. The van der Waals surface area contributed by atoms with Gasteiger partial charge in [-0.1, -0.05) is 12.1 Å². The van der Waals surface area contributed by atoms with Crippen molar-refractivity contribution in [3.05, 3.63) is 59.5 Å². The molecule has 0 aliphatic carbocycles. The highest BCUT2D eigenvalue weighted by molar-refractivity contribution is 5.79. The lowest BCUT2D eigenvalue weighted by molar-refractivity contribution is -0.137. The zero-order valence-corrected chi connectivity index (χ0v) is 10.0. The first-order valence-corrected chi connectivity index (χ1v) is 5.53. The molecule has 0 radical (unpaired) electrons. The van der Waals surface area contributed by atoms with Gasteiger partial charge in [-0.3, -0.25) is 5.43 Å². The Bertz CT molecular complexity index is 606. The van der Waals surface area contributed by atoms with Gasteiger partial charge >= 0.3 is 6.18 Å². The van der Waals surface area contributed by atoms with E-state index in [2.05, 4.69) is 15.5 Å². The quantitative estimate of drug-likeness (QED) is 0.530. The van der Waals surface area contributed by atoms with Crippen LogP contribution in [0.15, 0.2) is 47.7 Å². The normalized spacial score (nSPS) is 11.8. The van der Waals surface area contributed by atoms with Gasteiger partial charge in [-0.15, -0.1) is 0 Å². The third kappa shape index (κ3) is 3.78. The molecule has 1 aromatic heterocycles. The molecule has 0 aliphatic rings. The summed E-state index contributed by atoms with van der Waals surface area (Å²) in [5.41, 5.74) is 2.14. The average Bonchev–Trinajstić information content (AvgIpc) is 2.38. The Morgan fingerprint density at radius 3 is 2.55 bits per heavy atom. The van der Waals surface area contributed by atoms with E-state index in [1.54, 1.807) is 6.07 Å². The summed E-state index contributed by atoms with van der Waals surface area (Å²) in [7, 11) is 0.